The van der Waals surface area contributed by atoms with E-state index in [0.29, 0.717) is 5.56 Å². The number of nitrogens with one attached hydrogen (secondary N) is 1. The van der Waals surface area contributed by atoms with Crippen LogP contribution in [0.2, 0.25) is 0 Å². The Balaban J connectivity index is 1.47. The number of rotatable bonds is 7. The Labute approximate surface area is 187 Å². The Morgan fingerprint density at radius 3 is 2.31 bits per heavy atom. The highest BCUT2D eigenvalue weighted by molar-refractivity contribution is 7.89. The van der Waals surface area contributed by atoms with E-state index >= 15 is 0 Å². The smallest absolute Gasteiger partial charge is 0.407 e. The highest BCUT2D eigenvalue weighted by Gasteiger charge is 2.30. The van der Waals surface area contributed by atoms with Gasteiger partial charge in [0, 0.05) is 31.7 Å². The first kappa shape index (κ1) is 23.4. The fourth-order valence-corrected chi connectivity index (χ4v) is 4.70. The van der Waals surface area contributed by atoms with Crippen molar-refractivity contribution in [2.45, 2.75) is 18.4 Å². The molecule has 3 rings (SSSR count). The lowest BCUT2D eigenvalue weighted by atomic mass is 10.2. The van der Waals surface area contributed by atoms with Gasteiger partial charge in [-0.2, -0.15) is 4.31 Å². The van der Waals surface area contributed by atoms with Crippen LogP contribution in [0.4, 0.5) is 4.79 Å². The van der Waals surface area contributed by atoms with Gasteiger partial charge in [-0.15, -0.1) is 0 Å². The number of ether oxygens (including phenoxy) is 1. The Kier molecular flexibility index (Phi) is 7.60. The summed E-state index contributed by atoms with van der Waals surface area (Å²) in [6, 6.07) is 15.1. The van der Waals surface area contributed by atoms with E-state index < -0.39 is 16.1 Å². The third kappa shape index (κ3) is 5.92. The van der Waals surface area contributed by atoms with Crippen molar-refractivity contribution in [2.75, 3.05) is 32.7 Å². The van der Waals surface area contributed by atoms with Crippen molar-refractivity contribution in [1.29, 1.82) is 0 Å². The number of carbonyl (C=O) groups excluding carboxylic acids is 3. The lowest BCUT2D eigenvalue weighted by Gasteiger charge is -2.34. The van der Waals surface area contributed by atoms with Crippen LogP contribution in [0.15, 0.2) is 59.5 Å². The molecule has 0 atom stereocenters. The van der Waals surface area contributed by atoms with Gasteiger partial charge in [-0.25, -0.2) is 13.2 Å². The Bertz CT molecular complexity index is 1080. The van der Waals surface area contributed by atoms with Gasteiger partial charge < -0.3 is 15.0 Å². The molecule has 10 heteroatoms. The molecule has 1 aliphatic rings. The fourth-order valence-electron chi connectivity index (χ4n) is 3.24. The van der Waals surface area contributed by atoms with Crippen molar-refractivity contribution >= 4 is 27.8 Å². The van der Waals surface area contributed by atoms with Crippen molar-refractivity contribution in [1.82, 2.24) is 14.5 Å². The van der Waals surface area contributed by atoms with E-state index in [-0.39, 0.29) is 55.9 Å². The summed E-state index contributed by atoms with van der Waals surface area (Å²) in [6.07, 6.45) is -0.700. The van der Waals surface area contributed by atoms with Crippen LogP contribution in [0.3, 0.4) is 0 Å². The molecule has 1 fully saturated rings. The number of amides is 2. The van der Waals surface area contributed by atoms with Crippen LogP contribution in [0, 0.1) is 0 Å². The number of hydrogen-bond acceptors (Lipinski definition) is 6. The molecule has 0 aliphatic carbocycles. The maximum absolute atomic E-state index is 12.9. The first-order chi connectivity index (χ1) is 15.3. The standard InChI is InChI=1S/C22H25N3O6S/c1-17(26)19-8-5-9-20(14-19)32(29,30)25-12-10-24(11-13-25)21(27)15-23-22(28)31-16-18-6-3-2-4-7-18/h2-9,14H,10-13,15-16H2,1H3,(H,23,28). The predicted octanol–water partition coefficient (Wildman–Crippen LogP) is 1.65. The second-order valence-electron chi connectivity index (χ2n) is 7.28. The predicted molar refractivity (Wildman–Crippen MR) is 116 cm³/mol. The number of Topliss-reactive ketones (excluding diaryl/α,β-unsaturated/α-hetero) is 1. The van der Waals surface area contributed by atoms with E-state index in [2.05, 4.69) is 5.32 Å². The van der Waals surface area contributed by atoms with E-state index in [4.69, 9.17) is 4.74 Å². The molecule has 0 bridgehead atoms. The van der Waals surface area contributed by atoms with Gasteiger partial charge in [-0.1, -0.05) is 42.5 Å². The maximum Gasteiger partial charge on any atom is 0.407 e. The molecule has 0 spiro atoms. The number of piperazine rings is 1. The van der Waals surface area contributed by atoms with Gasteiger partial charge in [0.1, 0.15) is 13.2 Å². The number of hydrogen-bond donors (Lipinski definition) is 1. The van der Waals surface area contributed by atoms with Crippen molar-refractivity contribution in [3.63, 3.8) is 0 Å². The van der Waals surface area contributed by atoms with Crippen LogP contribution in [0.1, 0.15) is 22.8 Å². The van der Waals surface area contributed by atoms with Crippen molar-refractivity contribution < 1.29 is 27.5 Å². The second-order valence-corrected chi connectivity index (χ2v) is 9.22. The minimum Gasteiger partial charge on any atom is -0.445 e. The SMILES string of the molecule is CC(=O)c1cccc(S(=O)(=O)N2CCN(C(=O)CNC(=O)OCc3ccccc3)CC2)c1. The quantitative estimate of drug-likeness (QED) is 0.630. The third-order valence-electron chi connectivity index (χ3n) is 5.07. The summed E-state index contributed by atoms with van der Waals surface area (Å²) in [5.74, 6) is -0.537. The molecule has 2 amide bonds. The summed E-state index contributed by atoms with van der Waals surface area (Å²) >= 11 is 0. The van der Waals surface area contributed by atoms with Crippen molar-refractivity contribution in [3.8, 4) is 0 Å². The summed E-state index contributed by atoms with van der Waals surface area (Å²) in [5.41, 5.74) is 1.16. The van der Waals surface area contributed by atoms with Crippen molar-refractivity contribution in [3.05, 3.63) is 65.7 Å². The zero-order valence-electron chi connectivity index (χ0n) is 17.7. The molecule has 2 aromatic rings. The Morgan fingerprint density at radius 1 is 0.969 bits per heavy atom. The van der Waals surface area contributed by atoms with Gasteiger partial charge in [0.05, 0.1) is 4.90 Å². The number of alkyl carbamates (subject to hydrolysis) is 1. The summed E-state index contributed by atoms with van der Waals surface area (Å²) in [7, 11) is -3.77. The van der Waals surface area contributed by atoms with E-state index in [0.717, 1.165) is 5.56 Å². The van der Waals surface area contributed by atoms with Crippen LogP contribution in [0.25, 0.3) is 0 Å². The minimum atomic E-state index is -3.77. The first-order valence-electron chi connectivity index (χ1n) is 10.1. The normalized spacial score (nSPS) is 14.6. The molecule has 1 aliphatic heterocycles. The van der Waals surface area contributed by atoms with Gasteiger partial charge >= 0.3 is 6.09 Å². The van der Waals surface area contributed by atoms with E-state index in [1.807, 2.05) is 30.3 Å². The minimum absolute atomic E-state index is 0.0489. The lowest BCUT2D eigenvalue weighted by molar-refractivity contribution is -0.131. The van der Waals surface area contributed by atoms with Crippen LogP contribution in [0.5, 0.6) is 0 Å². The average Bonchev–Trinajstić information content (AvgIpc) is 2.82. The lowest BCUT2D eigenvalue weighted by Crippen LogP contribution is -2.52. The van der Waals surface area contributed by atoms with E-state index in [1.165, 1.54) is 34.3 Å². The fraction of sp³-hybridized carbons (Fsp3) is 0.318. The molecule has 1 heterocycles. The maximum atomic E-state index is 12.9. The number of carbonyl (C=O) groups is 3. The van der Waals surface area contributed by atoms with E-state index in [9.17, 15) is 22.8 Å². The molecule has 0 aromatic heterocycles. The summed E-state index contributed by atoms with van der Waals surface area (Å²) in [4.78, 5) is 37.3. The number of ketones is 1. The zero-order valence-corrected chi connectivity index (χ0v) is 18.5. The molecule has 0 radical (unpaired) electrons. The molecule has 32 heavy (non-hydrogen) atoms. The van der Waals surface area contributed by atoms with Gasteiger partial charge in [-0.3, -0.25) is 9.59 Å². The topological polar surface area (TPSA) is 113 Å². The monoisotopic (exact) mass is 459 g/mol. The highest BCUT2D eigenvalue weighted by Crippen LogP contribution is 2.19. The molecule has 170 valence electrons. The molecule has 9 nitrogen and oxygen atoms in total. The first-order valence-corrected chi connectivity index (χ1v) is 11.5. The molecule has 1 N–H and O–H groups in total. The largest absolute Gasteiger partial charge is 0.445 e. The van der Waals surface area contributed by atoms with Gasteiger partial charge in [0.15, 0.2) is 5.78 Å². The van der Waals surface area contributed by atoms with Gasteiger partial charge in [0.25, 0.3) is 0 Å². The van der Waals surface area contributed by atoms with Crippen LogP contribution >= 0.6 is 0 Å². The summed E-state index contributed by atoms with van der Waals surface area (Å²) in [5, 5.41) is 2.42. The molecule has 1 saturated heterocycles. The number of nitrogens with zero attached hydrogens (tertiary/aromatic N) is 2. The van der Waals surface area contributed by atoms with Crippen molar-refractivity contribution in [2.24, 2.45) is 0 Å². The summed E-state index contributed by atoms with van der Waals surface area (Å²) < 4.78 is 32.1. The van der Waals surface area contributed by atoms with E-state index in [1.54, 1.807) is 6.07 Å². The number of benzene rings is 2. The molecular formula is C22H25N3O6S. The Hall–Kier alpha value is -3.24. The van der Waals surface area contributed by atoms with Crippen LogP contribution in [-0.4, -0.2) is 68.1 Å². The summed E-state index contributed by atoms with van der Waals surface area (Å²) in [6.45, 7) is 1.88. The molecule has 0 saturated carbocycles. The van der Waals surface area contributed by atoms with Crippen LogP contribution < -0.4 is 5.32 Å². The second kappa shape index (κ2) is 10.4. The van der Waals surface area contributed by atoms with Crippen LogP contribution in [-0.2, 0) is 26.2 Å². The van der Waals surface area contributed by atoms with Gasteiger partial charge in [-0.05, 0) is 24.6 Å². The average molecular weight is 460 g/mol. The molecule has 2 aromatic carbocycles. The molecular weight excluding hydrogens is 434 g/mol. The van der Waals surface area contributed by atoms with Gasteiger partial charge in [0.2, 0.25) is 15.9 Å². The zero-order chi connectivity index (χ0) is 23.1. The number of sulfonamides is 1. The highest BCUT2D eigenvalue weighted by atomic mass is 32.2. The molecule has 0 unspecified atom stereocenters. The third-order valence-corrected chi connectivity index (χ3v) is 6.96. The Morgan fingerprint density at radius 2 is 1.66 bits per heavy atom.